The molecule has 0 saturated carbocycles. The Morgan fingerprint density at radius 1 is 1.04 bits per heavy atom. The normalized spacial score (nSPS) is 24.2. The number of hydrogen-bond donors (Lipinski definition) is 1. The first-order chi connectivity index (χ1) is 13.4. The first kappa shape index (κ1) is 21.0. The number of morpholine rings is 1. The number of nitrogens with zero attached hydrogens (tertiary/aromatic N) is 3. The molecule has 0 bridgehead atoms. The summed E-state index contributed by atoms with van der Waals surface area (Å²) in [5, 5.41) is 3.39. The van der Waals surface area contributed by atoms with Crippen LogP contribution in [0.4, 0.5) is 5.69 Å². The largest absolute Gasteiger partial charge is 0.372 e. The van der Waals surface area contributed by atoms with E-state index in [0.29, 0.717) is 36.9 Å². The van der Waals surface area contributed by atoms with Gasteiger partial charge in [0, 0.05) is 39.3 Å². The summed E-state index contributed by atoms with van der Waals surface area (Å²) in [6, 6.07) is 7.21. The van der Waals surface area contributed by atoms with Gasteiger partial charge < -0.3 is 15.0 Å². The fraction of sp³-hybridized carbons (Fsp3) is 0.600. The van der Waals surface area contributed by atoms with Gasteiger partial charge in [-0.3, -0.25) is 19.4 Å². The molecule has 8 heteroatoms. The van der Waals surface area contributed by atoms with Crippen molar-refractivity contribution in [1.29, 1.82) is 0 Å². The fourth-order valence-electron chi connectivity index (χ4n) is 3.73. The molecule has 3 rings (SSSR count). The third kappa shape index (κ3) is 5.91. The van der Waals surface area contributed by atoms with Crippen molar-refractivity contribution in [3.63, 3.8) is 0 Å². The molecule has 28 heavy (non-hydrogen) atoms. The number of hydrogen-bond acceptors (Lipinski definition) is 5. The van der Waals surface area contributed by atoms with Crippen LogP contribution in [0.3, 0.4) is 0 Å². The van der Waals surface area contributed by atoms with Crippen molar-refractivity contribution in [2.75, 3.05) is 57.7 Å². The molecule has 2 amide bonds. The minimum Gasteiger partial charge on any atom is -0.372 e. The lowest BCUT2D eigenvalue weighted by molar-refractivity contribution is -0.144. The van der Waals surface area contributed by atoms with Crippen molar-refractivity contribution in [2.24, 2.45) is 0 Å². The van der Waals surface area contributed by atoms with E-state index in [1.165, 1.54) is 0 Å². The zero-order chi connectivity index (χ0) is 20.1. The molecule has 2 saturated heterocycles. The summed E-state index contributed by atoms with van der Waals surface area (Å²) in [6.07, 6.45) is 0.169. The maximum Gasteiger partial charge on any atom is 0.238 e. The molecule has 154 valence electrons. The monoisotopic (exact) mass is 408 g/mol. The van der Waals surface area contributed by atoms with Crippen LogP contribution in [0.15, 0.2) is 24.3 Å². The van der Waals surface area contributed by atoms with Crippen LogP contribution in [0, 0.1) is 0 Å². The fourth-order valence-corrected chi connectivity index (χ4v) is 3.92. The Hall–Kier alpha value is -1.67. The molecule has 0 aliphatic carbocycles. The number of ether oxygens (including phenoxy) is 1. The molecule has 0 aromatic heterocycles. The second-order valence-electron chi connectivity index (χ2n) is 7.64. The van der Waals surface area contributed by atoms with Crippen molar-refractivity contribution >= 4 is 29.1 Å². The minimum atomic E-state index is -0.0751. The van der Waals surface area contributed by atoms with Crippen LogP contribution in [0.5, 0.6) is 0 Å². The van der Waals surface area contributed by atoms with Crippen molar-refractivity contribution in [2.45, 2.75) is 26.1 Å². The van der Waals surface area contributed by atoms with Gasteiger partial charge in [-0.05, 0) is 26.0 Å². The number of para-hydroxylation sites is 1. The number of anilines is 1. The maximum absolute atomic E-state index is 12.6. The highest BCUT2D eigenvalue weighted by molar-refractivity contribution is 6.33. The second kappa shape index (κ2) is 9.69. The van der Waals surface area contributed by atoms with E-state index in [1.54, 1.807) is 12.1 Å². The lowest BCUT2D eigenvalue weighted by Crippen LogP contribution is -2.54. The number of carbonyl (C=O) groups is 2. The number of piperazine rings is 1. The molecule has 2 aliphatic heterocycles. The molecular formula is C20H29ClN4O3. The Bertz CT molecular complexity index is 684. The standard InChI is InChI=1S/C20H29ClN4O3/c1-15-11-25(12-16(2)28-15)20(27)14-24-9-7-23(8-10-24)13-19(26)22-18-6-4-3-5-17(18)21/h3-6,15-16H,7-14H2,1-2H3,(H,22,26)/t15-,16-/m0/s1. The predicted molar refractivity (Wildman–Crippen MR) is 110 cm³/mol. The molecule has 0 radical (unpaired) electrons. The predicted octanol–water partition coefficient (Wildman–Crippen LogP) is 1.53. The molecule has 2 fully saturated rings. The van der Waals surface area contributed by atoms with E-state index in [1.807, 2.05) is 30.9 Å². The average molecular weight is 409 g/mol. The Balaban J connectivity index is 1.40. The van der Waals surface area contributed by atoms with Crippen molar-refractivity contribution in [1.82, 2.24) is 14.7 Å². The van der Waals surface area contributed by atoms with Gasteiger partial charge in [-0.1, -0.05) is 23.7 Å². The quantitative estimate of drug-likeness (QED) is 0.800. The summed E-state index contributed by atoms with van der Waals surface area (Å²) in [6.45, 7) is 9.16. The molecule has 1 N–H and O–H groups in total. The molecule has 2 atom stereocenters. The van der Waals surface area contributed by atoms with Gasteiger partial charge in [0.25, 0.3) is 0 Å². The van der Waals surface area contributed by atoms with Gasteiger partial charge in [-0.15, -0.1) is 0 Å². The van der Waals surface area contributed by atoms with Crippen LogP contribution in [-0.2, 0) is 14.3 Å². The summed E-state index contributed by atoms with van der Waals surface area (Å²) in [5.41, 5.74) is 0.632. The van der Waals surface area contributed by atoms with Crippen molar-refractivity contribution in [3.8, 4) is 0 Å². The van der Waals surface area contributed by atoms with E-state index in [0.717, 1.165) is 26.2 Å². The molecule has 1 aromatic rings. The van der Waals surface area contributed by atoms with Gasteiger partial charge in [0.05, 0.1) is 36.0 Å². The summed E-state index contributed by atoms with van der Waals surface area (Å²) < 4.78 is 5.70. The van der Waals surface area contributed by atoms with Crippen LogP contribution in [0.2, 0.25) is 5.02 Å². The van der Waals surface area contributed by atoms with Crippen LogP contribution < -0.4 is 5.32 Å². The molecule has 7 nitrogen and oxygen atoms in total. The lowest BCUT2D eigenvalue weighted by Gasteiger charge is -2.38. The van der Waals surface area contributed by atoms with Gasteiger partial charge in [0.15, 0.2) is 0 Å². The van der Waals surface area contributed by atoms with Crippen LogP contribution in [0.25, 0.3) is 0 Å². The molecule has 0 spiro atoms. The molecule has 2 aliphatic rings. The van der Waals surface area contributed by atoms with Gasteiger partial charge in [-0.2, -0.15) is 0 Å². The van der Waals surface area contributed by atoms with E-state index in [2.05, 4.69) is 15.1 Å². The molecule has 1 aromatic carbocycles. The van der Waals surface area contributed by atoms with Gasteiger partial charge in [0.2, 0.25) is 11.8 Å². The van der Waals surface area contributed by atoms with Crippen LogP contribution in [-0.4, -0.2) is 91.1 Å². The number of nitrogens with one attached hydrogen (secondary N) is 1. The number of amides is 2. The Labute approximate surface area is 171 Å². The van der Waals surface area contributed by atoms with E-state index in [-0.39, 0.29) is 24.0 Å². The number of halogens is 1. The van der Waals surface area contributed by atoms with E-state index >= 15 is 0 Å². The third-order valence-corrected chi connectivity index (χ3v) is 5.44. The lowest BCUT2D eigenvalue weighted by atomic mass is 10.2. The van der Waals surface area contributed by atoms with Crippen molar-refractivity contribution in [3.05, 3.63) is 29.3 Å². The summed E-state index contributed by atoms with van der Waals surface area (Å²) in [4.78, 5) is 31.0. The van der Waals surface area contributed by atoms with Gasteiger partial charge in [0.1, 0.15) is 0 Å². The van der Waals surface area contributed by atoms with E-state index in [4.69, 9.17) is 16.3 Å². The highest BCUT2D eigenvalue weighted by Gasteiger charge is 2.28. The topological polar surface area (TPSA) is 65.1 Å². The maximum atomic E-state index is 12.6. The molecular weight excluding hydrogens is 380 g/mol. The summed E-state index contributed by atoms with van der Waals surface area (Å²) in [5.74, 6) is 0.0841. The van der Waals surface area contributed by atoms with Crippen molar-refractivity contribution < 1.29 is 14.3 Å². The Morgan fingerprint density at radius 2 is 1.61 bits per heavy atom. The highest BCUT2D eigenvalue weighted by Crippen LogP contribution is 2.20. The van der Waals surface area contributed by atoms with E-state index in [9.17, 15) is 9.59 Å². The minimum absolute atomic E-state index is 0.0751. The van der Waals surface area contributed by atoms with Crippen LogP contribution in [0.1, 0.15) is 13.8 Å². The SMILES string of the molecule is C[C@H]1CN(C(=O)CN2CCN(CC(=O)Nc3ccccc3Cl)CC2)C[C@H](C)O1. The first-order valence-corrected chi connectivity index (χ1v) is 10.2. The summed E-state index contributed by atoms with van der Waals surface area (Å²) >= 11 is 6.08. The van der Waals surface area contributed by atoms with E-state index < -0.39 is 0 Å². The third-order valence-electron chi connectivity index (χ3n) is 5.11. The zero-order valence-corrected chi connectivity index (χ0v) is 17.3. The number of rotatable bonds is 5. The highest BCUT2D eigenvalue weighted by atomic mass is 35.5. The van der Waals surface area contributed by atoms with Gasteiger partial charge >= 0.3 is 0 Å². The molecule has 0 unspecified atom stereocenters. The van der Waals surface area contributed by atoms with Gasteiger partial charge in [-0.25, -0.2) is 0 Å². The molecule has 2 heterocycles. The Morgan fingerprint density at radius 3 is 2.21 bits per heavy atom. The summed E-state index contributed by atoms with van der Waals surface area (Å²) in [7, 11) is 0. The first-order valence-electron chi connectivity index (χ1n) is 9.83. The number of carbonyl (C=O) groups excluding carboxylic acids is 2. The zero-order valence-electron chi connectivity index (χ0n) is 16.6. The Kier molecular flexibility index (Phi) is 7.29. The van der Waals surface area contributed by atoms with Crippen LogP contribution >= 0.6 is 11.6 Å². The average Bonchev–Trinajstić information content (AvgIpc) is 2.64. The smallest absolute Gasteiger partial charge is 0.238 e. The number of benzene rings is 1. The second-order valence-corrected chi connectivity index (χ2v) is 8.04.